The number of carbonyl (C=O) groups is 2. The van der Waals surface area contributed by atoms with Crippen molar-refractivity contribution >= 4 is 17.6 Å². The average Bonchev–Trinajstić information content (AvgIpc) is 2.54. The lowest BCUT2D eigenvalue weighted by Gasteiger charge is -2.33. The minimum Gasteiger partial charge on any atom is -0.497 e. The highest BCUT2D eigenvalue weighted by molar-refractivity contribution is 5.94. The van der Waals surface area contributed by atoms with Gasteiger partial charge in [-0.1, -0.05) is 6.07 Å². The molecule has 0 atom stereocenters. The number of anilines is 1. The molecule has 132 valence electrons. The number of piperazine rings is 1. The SMILES string of the molecule is COc1cccc(N2CC[NH+](CC(=O)NC(=O)NC(C)C)CC2)c1. The number of urea groups is 1. The number of nitrogens with one attached hydrogen (secondary N) is 3. The van der Waals surface area contributed by atoms with Crippen LogP contribution >= 0.6 is 0 Å². The van der Waals surface area contributed by atoms with Crippen molar-refractivity contribution in [1.29, 1.82) is 0 Å². The van der Waals surface area contributed by atoms with Gasteiger partial charge in [0.1, 0.15) is 5.75 Å². The van der Waals surface area contributed by atoms with Gasteiger partial charge in [-0.05, 0) is 26.0 Å². The van der Waals surface area contributed by atoms with Crippen LogP contribution in [0.2, 0.25) is 0 Å². The molecule has 0 radical (unpaired) electrons. The van der Waals surface area contributed by atoms with Crippen LogP contribution in [-0.4, -0.2) is 57.8 Å². The fraction of sp³-hybridized carbons (Fsp3) is 0.529. The van der Waals surface area contributed by atoms with E-state index in [9.17, 15) is 9.59 Å². The molecule has 3 amide bonds. The molecule has 0 saturated carbocycles. The number of hydrogen-bond donors (Lipinski definition) is 3. The van der Waals surface area contributed by atoms with E-state index in [4.69, 9.17) is 4.74 Å². The van der Waals surface area contributed by atoms with E-state index in [1.165, 1.54) is 4.90 Å². The molecule has 7 heteroatoms. The number of ether oxygens (including phenoxy) is 1. The molecule has 0 aromatic heterocycles. The maximum absolute atomic E-state index is 11.9. The zero-order valence-corrected chi connectivity index (χ0v) is 14.6. The first-order chi connectivity index (χ1) is 11.5. The molecule has 1 aliphatic rings. The Kier molecular flexibility index (Phi) is 6.43. The van der Waals surface area contributed by atoms with E-state index >= 15 is 0 Å². The van der Waals surface area contributed by atoms with Gasteiger partial charge in [-0.2, -0.15) is 0 Å². The number of hydrogen-bond acceptors (Lipinski definition) is 4. The summed E-state index contributed by atoms with van der Waals surface area (Å²) < 4.78 is 5.26. The second-order valence-corrected chi connectivity index (χ2v) is 6.29. The fourth-order valence-electron chi connectivity index (χ4n) is 2.76. The topological polar surface area (TPSA) is 75.1 Å². The van der Waals surface area contributed by atoms with E-state index in [2.05, 4.69) is 21.6 Å². The predicted molar refractivity (Wildman–Crippen MR) is 92.6 cm³/mol. The Hall–Kier alpha value is -2.28. The van der Waals surface area contributed by atoms with Crippen molar-refractivity contribution in [3.8, 4) is 5.75 Å². The Morgan fingerprint density at radius 2 is 2.00 bits per heavy atom. The van der Waals surface area contributed by atoms with Gasteiger partial charge < -0.3 is 19.9 Å². The zero-order chi connectivity index (χ0) is 17.5. The molecule has 1 fully saturated rings. The van der Waals surface area contributed by atoms with Crippen molar-refractivity contribution in [2.75, 3.05) is 44.7 Å². The maximum atomic E-state index is 11.9. The molecule has 0 bridgehead atoms. The quantitative estimate of drug-likeness (QED) is 0.687. The highest BCUT2D eigenvalue weighted by Gasteiger charge is 2.23. The predicted octanol–water partition coefficient (Wildman–Crippen LogP) is -0.366. The number of methoxy groups -OCH3 is 1. The van der Waals surface area contributed by atoms with Gasteiger partial charge in [0.2, 0.25) is 0 Å². The molecule has 2 rings (SSSR count). The maximum Gasteiger partial charge on any atom is 0.321 e. The summed E-state index contributed by atoms with van der Waals surface area (Å²) >= 11 is 0. The summed E-state index contributed by atoms with van der Waals surface area (Å²) in [6.45, 7) is 7.48. The van der Waals surface area contributed by atoms with Crippen LogP contribution in [0, 0.1) is 0 Å². The molecule has 1 aliphatic heterocycles. The molecule has 24 heavy (non-hydrogen) atoms. The van der Waals surface area contributed by atoms with Gasteiger partial charge in [-0.25, -0.2) is 4.79 Å². The van der Waals surface area contributed by atoms with E-state index in [1.54, 1.807) is 7.11 Å². The summed E-state index contributed by atoms with van der Waals surface area (Å²) in [4.78, 5) is 26.9. The van der Waals surface area contributed by atoms with Crippen molar-refractivity contribution in [2.24, 2.45) is 0 Å². The second kappa shape index (κ2) is 8.54. The van der Waals surface area contributed by atoms with Crippen molar-refractivity contribution in [3.05, 3.63) is 24.3 Å². The van der Waals surface area contributed by atoms with Crippen LogP contribution in [-0.2, 0) is 4.79 Å². The Balaban J connectivity index is 1.78. The highest BCUT2D eigenvalue weighted by atomic mass is 16.5. The smallest absolute Gasteiger partial charge is 0.321 e. The Bertz CT molecular complexity index is 569. The van der Waals surface area contributed by atoms with Gasteiger partial charge in [0, 0.05) is 17.8 Å². The summed E-state index contributed by atoms with van der Waals surface area (Å²) in [5.74, 6) is 0.607. The summed E-state index contributed by atoms with van der Waals surface area (Å²) in [5.41, 5.74) is 1.13. The van der Waals surface area contributed by atoms with E-state index in [-0.39, 0.29) is 11.9 Å². The second-order valence-electron chi connectivity index (χ2n) is 6.29. The minimum atomic E-state index is -0.426. The summed E-state index contributed by atoms with van der Waals surface area (Å²) in [6.07, 6.45) is 0. The minimum absolute atomic E-state index is 0.0107. The molecule has 3 N–H and O–H groups in total. The van der Waals surface area contributed by atoms with Crippen LogP contribution in [0.15, 0.2) is 24.3 Å². The van der Waals surface area contributed by atoms with Crippen LogP contribution in [0.4, 0.5) is 10.5 Å². The Morgan fingerprint density at radius 1 is 1.29 bits per heavy atom. The van der Waals surface area contributed by atoms with Gasteiger partial charge in [0.05, 0.1) is 33.3 Å². The molecule has 1 aromatic rings. The van der Waals surface area contributed by atoms with E-state index in [0.717, 1.165) is 37.6 Å². The van der Waals surface area contributed by atoms with E-state index in [1.807, 2.05) is 32.0 Å². The molecule has 0 unspecified atom stereocenters. The monoisotopic (exact) mass is 335 g/mol. The molecule has 7 nitrogen and oxygen atoms in total. The third-order valence-electron chi connectivity index (χ3n) is 3.97. The third kappa shape index (κ3) is 5.42. The Morgan fingerprint density at radius 3 is 2.62 bits per heavy atom. The van der Waals surface area contributed by atoms with Crippen molar-refractivity contribution in [2.45, 2.75) is 19.9 Å². The van der Waals surface area contributed by atoms with Gasteiger partial charge in [-0.15, -0.1) is 0 Å². The van der Waals surface area contributed by atoms with Crippen molar-refractivity contribution in [1.82, 2.24) is 10.6 Å². The number of amides is 3. The first kappa shape index (κ1) is 18.1. The summed E-state index contributed by atoms with van der Waals surface area (Å²) in [5, 5.41) is 5.03. The third-order valence-corrected chi connectivity index (χ3v) is 3.97. The largest absolute Gasteiger partial charge is 0.497 e. The van der Waals surface area contributed by atoms with Crippen molar-refractivity contribution in [3.63, 3.8) is 0 Å². The number of quaternary nitrogens is 1. The van der Waals surface area contributed by atoms with Crippen LogP contribution in [0.25, 0.3) is 0 Å². The van der Waals surface area contributed by atoms with Gasteiger partial charge in [0.25, 0.3) is 5.91 Å². The molecule has 1 heterocycles. The lowest BCUT2D eigenvalue weighted by atomic mass is 10.2. The molecular weight excluding hydrogens is 308 g/mol. The number of rotatable bonds is 5. The van der Waals surface area contributed by atoms with Crippen LogP contribution in [0.1, 0.15) is 13.8 Å². The van der Waals surface area contributed by atoms with E-state index < -0.39 is 6.03 Å². The standard InChI is InChI=1S/C17H26N4O3/c1-13(2)18-17(23)19-16(22)12-20-7-9-21(10-8-20)14-5-4-6-15(11-14)24-3/h4-6,11,13H,7-10,12H2,1-3H3,(H2,18,19,22,23)/p+1. The summed E-state index contributed by atoms with van der Waals surface area (Å²) in [6, 6.07) is 7.58. The van der Waals surface area contributed by atoms with Gasteiger partial charge in [-0.3, -0.25) is 10.1 Å². The lowest BCUT2D eigenvalue weighted by molar-refractivity contribution is -0.892. The highest BCUT2D eigenvalue weighted by Crippen LogP contribution is 2.20. The number of nitrogens with zero attached hydrogens (tertiary/aromatic N) is 1. The fourth-order valence-corrected chi connectivity index (χ4v) is 2.76. The molecular formula is C17H27N4O3+. The number of benzene rings is 1. The van der Waals surface area contributed by atoms with Crippen LogP contribution < -0.4 is 25.2 Å². The Labute approximate surface area is 142 Å². The molecule has 0 aliphatic carbocycles. The molecule has 0 spiro atoms. The van der Waals surface area contributed by atoms with Crippen molar-refractivity contribution < 1.29 is 19.2 Å². The average molecular weight is 335 g/mol. The zero-order valence-electron chi connectivity index (χ0n) is 14.6. The number of carbonyl (C=O) groups excluding carboxylic acids is 2. The number of imide groups is 1. The van der Waals surface area contributed by atoms with Gasteiger partial charge in [0.15, 0.2) is 6.54 Å². The van der Waals surface area contributed by atoms with Crippen LogP contribution in [0.5, 0.6) is 5.75 Å². The summed E-state index contributed by atoms with van der Waals surface area (Å²) in [7, 11) is 1.66. The van der Waals surface area contributed by atoms with Gasteiger partial charge >= 0.3 is 6.03 Å². The first-order valence-electron chi connectivity index (χ1n) is 8.31. The normalized spacial score (nSPS) is 15.2. The van der Waals surface area contributed by atoms with E-state index in [0.29, 0.717) is 6.54 Å². The molecule has 1 saturated heterocycles. The first-order valence-corrected chi connectivity index (χ1v) is 8.31. The molecule has 1 aromatic carbocycles. The van der Waals surface area contributed by atoms with Crippen LogP contribution in [0.3, 0.4) is 0 Å². The lowest BCUT2D eigenvalue weighted by Crippen LogP contribution is -3.16.